The summed E-state index contributed by atoms with van der Waals surface area (Å²) >= 11 is 0. The van der Waals surface area contributed by atoms with Crippen LogP contribution >= 0.6 is 0 Å². The van der Waals surface area contributed by atoms with Crippen molar-refractivity contribution in [2.45, 2.75) is 24.3 Å². The lowest BCUT2D eigenvalue weighted by atomic mass is 9.92. The van der Waals surface area contributed by atoms with Crippen molar-refractivity contribution in [2.75, 3.05) is 12.4 Å². The Kier molecular flexibility index (Phi) is 1.61. The number of anilines is 1. The van der Waals surface area contributed by atoms with Crippen LogP contribution in [0.15, 0.2) is 18.2 Å². The van der Waals surface area contributed by atoms with E-state index in [1.807, 2.05) is 12.1 Å². The molecule has 0 saturated heterocycles. The Morgan fingerprint density at radius 3 is 2.93 bits per heavy atom. The van der Waals surface area contributed by atoms with Gasteiger partial charge in [0.2, 0.25) is 0 Å². The van der Waals surface area contributed by atoms with Gasteiger partial charge < -0.3 is 14.8 Å². The van der Waals surface area contributed by atoms with E-state index in [-0.39, 0.29) is 11.5 Å². The summed E-state index contributed by atoms with van der Waals surface area (Å²) in [5, 5.41) is 3.26. The quantitative estimate of drug-likeness (QED) is 0.744. The van der Waals surface area contributed by atoms with Gasteiger partial charge in [-0.2, -0.15) is 0 Å². The minimum Gasteiger partial charge on any atom is -0.495 e. The molecule has 0 amide bonds. The summed E-state index contributed by atoms with van der Waals surface area (Å²) in [5.41, 5.74) is 2.33. The number of fused-ring (bicyclic) bond motifs is 2. The second-order valence-electron chi connectivity index (χ2n) is 4.30. The number of nitrogens with one attached hydrogen (secondary N) is 1. The van der Waals surface area contributed by atoms with Gasteiger partial charge in [0, 0.05) is 5.41 Å². The number of aldehydes is 1. The summed E-state index contributed by atoms with van der Waals surface area (Å²) < 4.78 is 5.29. The van der Waals surface area contributed by atoms with E-state index in [0.29, 0.717) is 0 Å². The first-order chi connectivity index (χ1) is 7.31. The van der Waals surface area contributed by atoms with Crippen molar-refractivity contribution in [2.24, 2.45) is 0 Å². The largest absolute Gasteiger partial charge is 0.495 e. The maximum absolute atomic E-state index is 11.0. The zero-order valence-electron chi connectivity index (χ0n) is 8.62. The normalized spacial score (nSPS) is 24.5. The fourth-order valence-electron chi connectivity index (χ4n) is 2.61. The third-order valence-corrected chi connectivity index (χ3v) is 3.60. The first-order valence-corrected chi connectivity index (χ1v) is 5.21. The molecule has 78 valence electrons. The molecule has 1 aromatic carbocycles. The zero-order valence-corrected chi connectivity index (χ0v) is 8.62. The molecule has 3 nitrogen and oxygen atoms in total. The standard InChI is InChI=1S/C12H13NO2/c1-15-9-4-2-3-8-11(9)13-10(7-14)12(8)5-6-12/h2-4,7,10,13H,5-6H2,1H3. The van der Waals surface area contributed by atoms with Crippen molar-refractivity contribution in [1.82, 2.24) is 0 Å². The smallest absolute Gasteiger partial charge is 0.143 e. The molecule has 0 aromatic heterocycles. The second-order valence-corrected chi connectivity index (χ2v) is 4.30. The molecule has 1 unspecified atom stereocenters. The third kappa shape index (κ3) is 0.978. The average molecular weight is 203 g/mol. The summed E-state index contributed by atoms with van der Waals surface area (Å²) in [7, 11) is 1.66. The number of rotatable bonds is 2. The van der Waals surface area contributed by atoms with E-state index in [9.17, 15) is 4.79 Å². The number of methoxy groups -OCH3 is 1. The number of benzene rings is 1. The lowest BCUT2D eigenvalue weighted by Gasteiger charge is -2.11. The van der Waals surface area contributed by atoms with Crippen molar-refractivity contribution >= 4 is 12.0 Å². The van der Waals surface area contributed by atoms with Crippen LogP contribution in [-0.2, 0) is 10.2 Å². The van der Waals surface area contributed by atoms with E-state index in [2.05, 4.69) is 11.4 Å². The van der Waals surface area contributed by atoms with E-state index >= 15 is 0 Å². The fraction of sp³-hybridized carbons (Fsp3) is 0.417. The monoisotopic (exact) mass is 203 g/mol. The molecule has 3 heteroatoms. The molecule has 0 radical (unpaired) electrons. The van der Waals surface area contributed by atoms with Gasteiger partial charge in [-0.15, -0.1) is 0 Å². The third-order valence-electron chi connectivity index (χ3n) is 3.60. The first-order valence-electron chi connectivity index (χ1n) is 5.21. The van der Waals surface area contributed by atoms with Crippen molar-refractivity contribution in [3.05, 3.63) is 23.8 Å². The van der Waals surface area contributed by atoms with E-state index < -0.39 is 0 Å². The predicted molar refractivity (Wildman–Crippen MR) is 57.4 cm³/mol. The van der Waals surface area contributed by atoms with Crippen LogP contribution in [0, 0.1) is 0 Å². The number of ether oxygens (including phenoxy) is 1. The van der Waals surface area contributed by atoms with Gasteiger partial charge in [0.05, 0.1) is 18.8 Å². The zero-order chi connectivity index (χ0) is 10.5. The predicted octanol–water partition coefficient (Wildman–Crippen LogP) is 1.72. The minimum atomic E-state index is -0.0659. The Hall–Kier alpha value is -1.51. The van der Waals surface area contributed by atoms with Crippen molar-refractivity contribution in [3.63, 3.8) is 0 Å². The maximum Gasteiger partial charge on any atom is 0.143 e. The number of carbonyl (C=O) groups is 1. The van der Waals surface area contributed by atoms with E-state index in [0.717, 1.165) is 30.6 Å². The molecule has 1 saturated carbocycles. The van der Waals surface area contributed by atoms with Crippen LogP contribution in [-0.4, -0.2) is 19.4 Å². The van der Waals surface area contributed by atoms with Crippen LogP contribution < -0.4 is 10.1 Å². The van der Waals surface area contributed by atoms with Gasteiger partial charge in [-0.1, -0.05) is 12.1 Å². The molecule has 1 aliphatic heterocycles. The molecular weight excluding hydrogens is 190 g/mol. The second kappa shape index (κ2) is 2.75. The highest BCUT2D eigenvalue weighted by atomic mass is 16.5. The molecule has 1 aromatic rings. The topological polar surface area (TPSA) is 38.3 Å². The SMILES string of the molecule is COc1cccc2c1NC(C=O)C21CC1. The molecule has 1 fully saturated rings. The average Bonchev–Trinajstić information content (AvgIpc) is 2.99. The number of carbonyl (C=O) groups excluding carboxylic acids is 1. The molecular formula is C12H13NO2. The lowest BCUT2D eigenvalue weighted by Crippen LogP contribution is -2.27. The van der Waals surface area contributed by atoms with Gasteiger partial charge in [-0.3, -0.25) is 0 Å². The van der Waals surface area contributed by atoms with Crippen LogP contribution in [0.3, 0.4) is 0 Å². The van der Waals surface area contributed by atoms with Crippen molar-refractivity contribution < 1.29 is 9.53 Å². The van der Waals surface area contributed by atoms with Crippen LogP contribution in [0.25, 0.3) is 0 Å². The Bertz CT molecular complexity index is 424. The summed E-state index contributed by atoms with van der Waals surface area (Å²) in [6.07, 6.45) is 3.22. The molecule has 1 heterocycles. The molecule has 0 bridgehead atoms. The Morgan fingerprint density at radius 2 is 2.33 bits per heavy atom. The molecule has 1 aliphatic carbocycles. The highest BCUT2D eigenvalue weighted by Gasteiger charge is 2.56. The van der Waals surface area contributed by atoms with Crippen LogP contribution in [0.4, 0.5) is 5.69 Å². The summed E-state index contributed by atoms with van der Waals surface area (Å²) in [4.78, 5) is 11.0. The minimum absolute atomic E-state index is 0.0659. The van der Waals surface area contributed by atoms with Crippen LogP contribution in [0.2, 0.25) is 0 Å². The first kappa shape index (κ1) is 8.77. The molecule has 2 aliphatic rings. The summed E-state index contributed by atoms with van der Waals surface area (Å²) in [5.74, 6) is 0.836. The highest BCUT2D eigenvalue weighted by molar-refractivity contribution is 5.81. The van der Waals surface area contributed by atoms with Gasteiger partial charge in [0.1, 0.15) is 12.0 Å². The molecule has 1 N–H and O–H groups in total. The molecule has 1 atom stereocenters. The molecule has 1 spiro atoms. The van der Waals surface area contributed by atoms with Gasteiger partial charge in [0.15, 0.2) is 0 Å². The van der Waals surface area contributed by atoms with Gasteiger partial charge in [-0.05, 0) is 24.5 Å². The van der Waals surface area contributed by atoms with Gasteiger partial charge in [-0.25, -0.2) is 0 Å². The van der Waals surface area contributed by atoms with Crippen molar-refractivity contribution in [3.8, 4) is 5.75 Å². The summed E-state index contributed by atoms with van der Waals surface area (Å²) in [6, 6.07) is 5.95. The van der Waals surface area contributed by atoms with Crippen LogP contribution in [0.1, 0.15) is 18.4 Å². The van der Waals surface area contributed by atoms with Gasteiger partial charge >= 0.3 is 0 Å². The molecule has 3 rings (SSSR count). The Morgan fingerprint density at radius 1 is 1.53 bits per heavy atom. The summed E-state index contributed by atoms with van der Waals surface area (Å²) in [6.45, 7) is 0. The van der Waals surface area contributed by atoms with Crippen molar-refractivity contribution in [1.29, 1.82) is 0 Å². The molecule has 15 heavy (non-hydrogen) atoms. The lowest BCUT2D eigenvalue weighted by molar-refractivity contribution is -0.108. The Balaban J connectivity index is 2.15. The van der Waals surface area contributed by atoms with E-state index in [4.69, 9.17) is 4.74 Å². The van der Waals surface area contributed by atoms with Crippen LogP contribution in [0.5, 0.6) is 5.75 Å². The number of hydrogen-bond acceptors (Lipinski definition) is 3. The van der Waals surface area contributed by atoms with E-state index in [1.165, 1.54) is 5.56 Å². The fourth-order valence-corrected chi connectivity index (χ4v) is 2.61. The number of hydrogen-bond donors (Lipinski definition) is 1. The Labute approximate surface area is 88.4 Å². The number of para-hydroxylation sites is 1. The van der Waals surface area contributed by atoms with E-state index in [1.54, 1.807) is 7.11 Å². The highest BCUT2D eigenvalue weighted by Crippen LogP contribution is 2.59. The maximum atomic E-state index is 11.0. The van der Waals surface area contributed by atoms with Gasteiger partial charge in [0.25, 0.3) is 0 Å².